The summed E-state index contributed by atoms with van der Waals surface area (Å²) in [7, 11) is 1.23. The average molecular weight is 358 g/mol. The molecule has 132 valence electrons. The van der Waals surface area contributed by atoms with Gasteiger partial charge >= 0.3 is 11.9 Å². The van der Waals surface area contributed by atoms with Gasteiger partial charge in [0, 0.05) is 5.02 Å². The van der Waals surface area contributed by atoms with E-state index < -0.39 is 30.5 Å². The fourth-order valence-corrected chi connectivity index (χ4v) is 2.12. The van der Waals surface area contributed by atoms with Crippen LogP contribution in [-0.4, -0.2) is 42.7 Å². The zero-order valence-electron chi connectivity index (χ0n) is 13.7. The number of esters is 2. The topological polar surface area (TPSA) is 102 Å². The van der Waals surface area contributed by atoms with E-state index in [2.05, 4.69) is 10.1 Å². The van der Waals surface area contributed by atoms with E-state index in [-0.39, 0.29) is 22.3 Å². The van der Waals surface area contributed by atoms with E-state index in [1.54, 1.807) is 0 Å². The lowest BCUT2D eigenvalue weighted by Crippen LogP contribution is -2.44. The number of nitrogens with one attached hydrogen (secondary N) is 1. The van der Waals surface area contributed by atoms with Crippen molar-refractivity contribution in [3.05, 3.63) is 28.8 Å². The van der Waals surface area contributed by atoms with Crippen molar-refractivity contribution >= 4 is 29.4 Å². The van der Waals surface area contributed by atoms with Gasteiger partial charge in [0.25, 0.3) is 5.91 Å². The Morgan fingerprint density at radius 1 is 1.29 bits per heavy atom. The first-order valence-corrected chi connectivity index (χ1v) is 7.65. The molecule has 0 radical (unpaired) electrons. The van der Waals surface area contributed by atoms with E-state index in [0.29, 0.717) is 6.42 Å². The molecule has 2 N–H and O–H groups in total. The van der Waals surface area contributed by atoms with Crippen LogP contribution >= 0.6 is 11.6 Å². The third kappa shape index (κ3) is 6.08. The molecule has 0 aliphatic heterocycles. The molecule has 0 heterocycles. The average Bonchev–Trinajstić information content (AvgIpc) is 2.53. The highest BCUT2D eigenvalue weighted by atomic mass is 35.5. The molecule has 1 rings (SSSR count). The normalized spacial score (nSPS) is 11.7. The predicted octanol–water partition coefficient (Wildman–Crippen LogP) is 1.91. The number of hydrogen-bond donors (Lipinski definition) is 2. The molecule has 1 atom stereocenters. The zero-order chi connectivity index (χ0) is 18.3. The van der Waals surface area contributed by atoms with E-state index in [4.69, 9.17) is 16.3 Å². The Labute approximate surface area is 144 Å². The Hall–Kier alpha value is -2.28. The minimum Gasteiger partial charge on any atom is -0.507 e. The van der Waals surface area contributed by atoms with Crippen LogP contribution in [0.2, 0.25) is 5.02 Å². The number of rotatable bonds is 7. The Balaban J connectivity index is 2.62. The number of halogens is 1. The lowest BCUT2D eigenvalue weighted by molar-refractivity contribution is -0.145. The molecule has 0 fully saturated rings. The van der Waals surface area contributed by atoms with E-state index >= 15 is 0 Å². The smallest absolute Gasteiger partial charge is 0.342 e. The molecule has 7 nitrogen and oxygen atoms in total. The van der Waals surface area contributed by atoms with Gasteiger partial charge in [-0.1, -0.05) is 25.4 Å². The first kappa shape index (κ1) is 19.8. The number of aromatic hydroxyl groups is 1. The highest BCUT2D eigenvalue weighted by Crippen LogP contribution is 2.22. The molecule has 0 saturated carbocycles. The van der Waals surface area contributed by atoms with Crippen LogP contribution in [0.5, 0.6) is 5.75 Å². The van der Waals surface area contributed by atoms with Crippen molar-refractivity contribution < 1.29 is 29.0 Å². The van der Waals surface area contributed by atoms with E-state index in [0.717, 1.165) is 0 Å². The van der Waals surface area contributed by atoms with Crippen LogP contribution in [-0.2, 0) is 19.1 Å². The van der Waals surface area contributed by atoms with Gasteiger partial charge in [0.1, 0.15) is 17.4 Å². The Morgan fingerprint density at radius 2 is 1.96 bits per heavy atom. The fourth-order valence-electron chi connectivity index (χ4n) is 1.94. The largest absolute Gasteiger partial charge is 0.507 e. The standard InChI is InChI=1S/C16H20ClNO6/c1-9(2)6-12(16(22)23-3)18-14(20)8-24-15(21)11-7-10(17)4-5-13(11)19/h4-5,7,9,12,19H,6,8H2,1-3H3,(H,18,20)/t12-/m1/s1. The molecule has 1 amide bonds. The SMILES string of the molecule is COC(=O)[C@@H](CC(C)C)NC(=O)COC(=O)c1cc(Cl)ccc1O. The summed E-state index contributed by atoms with van der Waals surface area (Å²) >= 11 is 5.74. The Bertz CT molecular complexity index is 617. The highest BCUT2D eigenvalue weighted by molar-refractivity contribution is 6.31. The van der Waals surface area contributed by atoms with Crippen LogP contribution in [0.15, 0.2) is 18.2 Å². The second kappa shape index (κ2) is 9.12. The minimum absolute atomic E-state index is 0.151. The fraction of sp³-hybridized carbons (Fsp3) is 0.438. The van der Waals surface area contributed by atoms with E-state index in [1.807, 2.05) is 13.8 Å². The summed E-state index contributed by atoms with van der Waals surface area (Å²) in [6.45, 7) is 3.18. The quantitative estimate of drug-likeness (QED) is 0.723. The molecule has 0 aliphatic rings. The number of phenolic OH excluding ortho intramolecular Hbond substituents is 1. The van der Waals surface area contributed by atoms with Crippen LogP contribution in [0.4, 0.5) is 0 Å². The summed E-state index contributed by atoms with van der Waals surface area (Å²) in [5, 5.41) is 12.3. The molecule has 0 saturated heterocycles. The summed E-state index contributed by atoms with van der Waals surface area (Å²) in [4.78, 5) is 35.4. The first-order chi connectivity index (χ1) is 11.2. The number of amides is 1. The molecule has 0 unspecified atom stereocenters. The molecule has 1 aromatic carbocycles. The van der Waals surface area contributed by atoms with E-state index in [1.165, 1.54) is 25.3 Å². The molecular weight excluding hydrogens is 338 g/mol. The van der Waals surface area contributed by atoms with Crippen molar-refractivity contribution in [1.82, 2.24) is 5.32 Å². The van der Waals surface area contributed by atoms with Crippen molar-refractivity contribution in [3.8, 4) is 5.75 Å². The molecule has 1 aromatic rings. The number of hydrogen-bond acceptors (Lipinski definition) is 6. The summed E-state index contributed by atoms with van der Waals surface area (Å²) < 4.78 is 9.45. The lowest BCUT2D eigenvalue weighted by atomic mass is 10.0. The summed E-state index contributed by atoms with van der Waals surface area (Å²) in [5.41, 5.74) is -0.151. The van der Waals surface area contributed by atoms with Gasteiger partial charge in [0.05, 0.1) is 7.11 Å². The highest BCUT2D eigenvalue weighted by Gasteiger charge is 2.23. The van der Waals surface area contributed by atoms with Gasteiger partial charge in [-0.05, 0) is 30.5 Å². The molecular formula is C16H20ClNO6. The zero-order valence-corrected chi connectivity index (χ0v) is 14.4. The molecule has 0 bridgehead atoms. The van der Waals surface area contributed by atoms with Crippen LogP contribution < -0.4 is 5.32 Å². The van der Waals surface area contributed by atoms with Crippen LogP contribution in [0, 0.1) is 5.92 Å². The first-order valence-electron chi connectivity index (χ1n) is 7.27. The van der Waals surface area contributed by atoms with Crippen LogP contribution in [0.25, 0.3) is 0 Å². The second-order valence-corrected chi connectivity index (χ2v) is 5.95. The van der Waals surface area contributed by atoms with Gasteiger partial charge in [-0.3, -0.25) is 4.79 Å². The monoisotopic (exact) mass is 357 g/mol. The van der Waals surface area contributed by atoms with Gasteiger partial charge < -0.3 is 19.9 Å². The van der Waals surface area contributed by atoms with Gasteiger partial charge in [0.2, 0.25) is 0 Å². The summed E-state index contributed by atoms with van der Waals surface area (Å²) in [5.74, 6) is -2.28. The minimum atomic E-state index is -0.899. The predicted molar refractivity (Wildman–Crippen MR) is 86.8 cm³/mol. The summed E-state index contributed by atoms with van der Waals surface area (Å²) in [6.07, 6.45) is 0.390. The van der Waals surface area contributed by atoms with Gasteiger partial charge in [-0.25, -0.2) is 9.59 Å². The summed E-state index contributed by atoms with van der Waals surface area (Å²) in [6, 6.07) is 3.07. The van der Waals surface area contributed by atoms with Crippen molar-refractivity contribution in [2.45, 2.75) is 26.3 Å². The van der Waals surface area contributed by atoms with Crippen LogP contribution in [0.1, 0.15) is 30.6 Å². The number of benzene rings is 1. The van der Waals surface area contributed by atoms with Gasteiger partial charge in [0.15, 0.2) is 6.61 Å². The Kier molecular flexibility index (Phi) is 7.51. The van der Waals surface area contributed by atoms with Crippen molar-refractivity contribution in [3.63, 3.8) is 0 Å². The number of carbonyl (C=O) groups is 3. The van der Waals surface area contributed by atoms with E-state index in [9.17, 15) is 19.5 Å². The van der Waals surface area contributed by atoms with Crippen molar-refractivity contribution in [1.29, 1.82) is 0 Å². The lowest BCUT2D eigenvalue weighted by Gasteiger charge is -2.18. The van der Waals surface area contributed by atoms with Crippen molar-refractivity contribution in [2.75, 3.05) is 13.7 Å². The Morgan fingerprint density at radius 3 is 2.54 bits per heavy atom. The third-order valence-electron chi connectivity index (χ3n) is 3.04. The van der Waals surface area contributed by atoms with Gasteiger partial charge in [-0.2, -0.15) is 0 Å². The van der Waals surface area contributed by atoms with Crippen molar-refractivity contribution in [2.24, 2.45) is 5.92 Å². The maximum absolute atomic E-state index is 11.9. The number of carbonyl (C=O) groups excluding carboxylic acids is 3. The molecule has 24 heavy (non-hydrogen) atoms. The second-order valence-electron chi connectivity index (χ2n) is 5.51. The molecule has 0 aromatic heterocycles. The third-order valence-corrected chi connectivity index (χ3v) is 3.28. The maximum atomic E-state index is 11.9. The molecule has 0 spiro atoms. The van der Waals surface area contributed by atoms with Gasteiger partial charge in [-0.15, -0.1) is 0 Å². The molecule has 0 aliphatic carbocycles. The van der Waals surface area contributed by atoms with Crippen LogP contribution in [0.3, 0.4) is 0 Å². The number of ether oxygens (including phenoxy) is 2. The number of phenols is 1. The maximum Gasteiger partial charge on any atom is 0.342 e. The number of methoxy groups -OCH3 is 1. The molecule has 8 heteroatoms.